The third-order valence-electron chi connectivity index (χ3n) is 12.4. The largest absolute Gasteiger partial charge is 0.310 e. The van der Waals surface area contributed by atoms with Crippen LogP contribution in [0.25, 0.3) is 64.3 Å². The summed E-state index contributed by atoms with van der Waals surface area (Å²) >= 11 is 1.87. The Hall–Kier alpha value is -5.96. The van der Waals surface area contributed by atoms with Crippen molar-refractivity contribution in [3.8, 4) is 33.4 Å². The lowest BCUT2D eigenvalue weighted by Crippen LogP contribution is -2.18. The topological polar surface area (TPSA) is 3.24 Å². The lowest BCUT2D eigenvalue weighted by molar-refractivity contribution is 0.660. The van der Waals surface area contributed by atoms with Crippen LogP contribution in [0, 0.1) is 0 Å². The Kier molecular flexibility index (Phi) is 6.59. The Morgan fingerprint density at radius 3 is 1.85 bits per heavy atom. The second-order valence-electron chi connectivity index (χ2n) is 16.1. The average molecular weight is 710 g/mol. The lowest BCUT2D eigenvalue weighted by Gasteiger charge is -2.31. The quantitative estimate of drug-likeness (QED) is 0.176. The molecule has 0 bridgehead atoms. The zero-order valence-electron chi connectivity index (χ0n) is 30.9. The molecule has 0 aliphatic heterocycles. The van der Waals surface area contributed by atoms with Gasteiger partial charge < -0.3 is 4.90 Å². The van der Waals surface area contributed by atoms with Crippen LogP contribution < -0.4 is 4.90 Å². The van der Waals surface area contributed by atoms with Gasteiger partial charge in [-0.15, -0.1) is 11.3 Å². The summed E-state index contributed by atoms with van der Waals surface area (Å²) in [7, 11) is 0. The van der Waals surface area contributed by atoms with Crippen LogP contribution in [-0.2, 0) is 10.8 Å². The summed E-state index contributed by atoms with van der Waals surface area (Å²) in [6.07, 6.45) is 0. The van der Waals surface area contributed by atoms with Gasteiger partial charge in [-0.1, -0.05) is 143 Å². The van der Waals surface area contributed by atoms with E-state index in [1.807, 2.05) is 11.3 Å². The first kappa shape index (κ1) is 31.6. The van der Waals surface area contributed by atoms with E-state index in [1.165, 1.54) is 98.0 Å². The van der Waals surface area contributed by atoms with Crippen molar-refractivity contribution in [1.29, 1.82) is 0 Å². The molecule has 2 aliphatic carbocycles. The molecule has 0 saturated heterocycles. The Labute approximate surface area is 320 Å². The molecule has 2 aliphatic rings. The highest BCUT2D eigenvalue weighted by molar-refractivity contribution is 7.25. The first-order chi connectivity index (χ1) is 26.3. The highest BCUT2D eigenvalue weighted by atomic mass is 32.1. The molecule has 8 aromatic carbocycles. The Morgan fingerprint density at radius 1 is 0.426 bits per heavy atom. The van der Waals surface area contributed by atoms with E-state index >= 15 is 0 Å². The van der Waals surface area contributed by atoms with Gasteiger partial charge in [-0.25, -0.2) is 0 Å². The molecule has 0 radical (unpaired) electrons. The second-order valence-corrected chi connectivity index (χ2v) is 17.2. The smallest absolute Gasteiger partial charge is 0.0549 e. The monoisotopic (exact) mass is 709 g/mol. The number of anilines is 3. The normalized spacial score (nSPS) is 14.6. The van der Waals surface area contributed by atoms with Gasteiger partial charge in [-0.05, 0) is 109 Å². The number of hydrogen-bond donors (Lipinski definition) is 0. The highest BCUT2D eigenvalue weighted by Gasteiger charge is 2.40. The minimum atomic E-state index is -0.150. The van der Waals surface area contributed by atoms with E-state index in [1.54, 1.807) is 0 Å². The minimum Gasteiger partial charge on any atom is -0.310 e. The van der Waals surface area contributed by atoms with Crippen molar-refractivity contribution >= 4 is 59.3 Å². The van der Waals surface area contributed by atoms with Gasteiger partial charge >= 0.3 is 0 Å². The molecule has 0 atom stereocenters. The van der Waals surface area contributed by atoms with Crippen LogP contribution in [0.3, 0.4) is 0 Å². The summed E-state index contributed by atoms with van der Waals surface area (Å²) in [6, 6.07) is 61.5. The molecule has 2 heteroatoms. The molecule has 0 amide bonds. The van der Waals surface area contributed by atoms with Crippen molar-refractivity contribution in [2.75, 3.05) is 4.90 Å². The van der Waals surface area contributed by atoms with E-state index in [2.05, 4.69) is 196 Å². The van der Waals surface area contributed by atoms with E-state index in [0.717, 1.165) is 5.69 Å². The lowest BCUT2D eigenvalue weighted by atomic mass is 9.80. The molecule has 0 fully saturated rings. The van der Waals surface area contributed by atoms with Crippen molar-refractivity contribution in [3.63, 3.8) is 0 Å². The van der Waals surface area contributed by atoms with Crippen LogP contribution in [0.1, 0.15) is 49.9 Å². The fraction of sp³-hybridized carbons (Fsp3) is 0.115. The Morgan fingerprint density at radius 2 is 1.04 bits per heavy atom. The van der Waals surface area contributed by atoms with Gasteiger partial charge in [0.25, 0.3) is 0 Å². The molecule has 1 aromatic heterocycles. The summed E-state index contributed by atoms with van der Waals surface area (Å²) in [5, 5.41) is 5.25. The third kappa shape index (κ3) is 4.38. The summed E-state index contributed by atoms with van der Waals surface area (Å²) in [5.41, 5.74) is 16.6. The molecule has 54 heavy (non-hydrogen) atoms. The molecular formula is C52H39NS. The molecule has 9 aromatic rings. The molecule has 258 valence electrons. The van der Waals surface area contributed by atoms with E-state index in [9.17, 15) is 0 Å². The van der Waals surface area contributed by atoms with Gasteiger partial charge in [0.05, 0.1) is 5.69 Å². The van der Waals surface area contributed by atoms with Crippen molar-refractivity contribution in [1.82, 2.24) is 0 Å². The molecule has 0 saturated carbocycles. The summed E-state index contributed by atoms with van der Waals surface area (Å²) < 4.78 is 2.67. The maximum absolute atomic E-state index is 2.53. The van der Waals surface area contributed by atoms with E-state index in [4.69, 9.17) is 0 Å². The molecule has 1 nitrogen and oxygen atoms in total. The Balaban J connectivity index is 1.14. The van der Waals surface area contributed by atoms with E-state index in [0.29, 0.717) is 0 Å². The fourth-order valence-corrected chi connectivity index (χ4v) is 10.9. The van der Waals surface area contributed by atoms with Crippen molar-refractivity contribution in [2.45, 2.75) is 38.5 Å². The molecule has 0 spiro atoms. The number of fused-ring (bicyclic) bond motifs is 11. The van der Waals surface area contributed by atoms with Crippen molar-refractivity contribution < 1.29 is 0 Å². The van der Waals surface area contributed by atoms with Crippen LogP contribution in [0.15, 0.2) is 164 Å². The predicted octanol–water partition coefficient (Wildman–Crippen LogP) is 15.0. The average Bonchev–Trinajstić information content (AvgIpc) is 3.78. The first-order valence-corrected chi connectivity index (χ1v) is 19.8. The molecule has 0 N–H and O–H groups in total. The summed E-state index contributed by atoms with van der Waals surface area (Å²) in [4.78, 5) is 2.53. The summed E-state index contributed by atoms with van der Waals surface area (Å²) in [5.74, 6) is 0. The van der Waals surface area contributed by atoms with Gasteiger partial charge in [-0.2, -0.15) is 0 Å². The third-order valence-corrected chi connectivity index (χ3v) is 13.6. The minimum absolute atomic E-state index is 0.109. The number of nitrogens with zero attached hydrogens (tertiary/aromatic N) is 1. The maximum atomic E-state index is 2.53. The van der Waals surface area contributed by atoms with Gasteiger partial charge in [0, 0.05) is 47.9 Å². The van der Waals surface area contributed by atoms with E-state index < -0.39 is 0 Å². The Bertz CT molecular complexity index is 3000. The van der Waals surface area contributed by atoms with Crippen molar-refractivity contribution in [2.24, 2.45) is 0 Å². The van der Waals surface area contributed by atoms with Gasteiger partial charge in [-0.3, -0.25) is 0 Å². The van der Waals surface area contributed by atoms with Crippen LogP contribution in [-0.4, -0.2) is 0 Å². The number of benzene rings is 8. The SMILES string of the molecule is CC1(C)c2ccccc2-c2ccc(N(c3ccc(-c4ccc5sc6ccccc6c5c4)cc3)c3cc4ccccc4c4c3-c3ccccc3C4(C)C)cc21. The molecule has 1 heterocycles. The zero-order valence-corrected chi connectivity index (χ0v) is 31.8. The number of thiophene rings is 1. The van der Waals surface area contributed by atoms with Crippen LogP contribution in [0.4, 0.5) is 17.1 Å². The number of hydrogen-bond acceptors (Lipinski definition) is 2. The molecular weight excluding hydrogens is 671 g/mol. The number of rotatable bonds is 4. The van der Waals surface area contributed by atoms with Crippen LogP contribution in [0.2, 0.25) is 0 Å². The van der Waals surface area contributed by atoms with Gasteiger partial charge in [0.1, 0.15) is 0 Å². The zero-order chi connectivity index (χ0) is 36.3. The fourth-order valence-electron chi connectivity index (χ4n) is 9.78. The molecule has 0 unspecified atom stereocenters. The van der Waals surface area contributed by atoms with Gasteiger partial charge in [0.15, 0.2) is 0 Å². The first-order valence-electron chi connectivity index (χ1n) is 19.0. The van der Waals surface area contributed by atoms with Crippen molar-refractivity contribution in [3.05, 3.63) is 186 Å². The maximum Gasteiger partial charge on any atom is 0.0549 e. The standard InChI is InChI=1S/C52H39NS/c1-51(2)43-18-10-7-15-38(43)39-27-26-36(31-45(39)51)53(35-24-21-32(22-25-35)33-23-28-48-42(29-33)40-16-9-12-20-47(40)54-48)46-30-34-13-5-6-14-37(34)50-49(46)41-17-8-11-19-44(41)52(50,3)4/h5-31H,1-4H3. The highest BCUT2D eigenvalue weighted by Crippen LogP contribution is 2.57. The van der Waals surface area contributed by atoms with Crippen LogP contribution >= 0.6 is 11.3 Å². The summed E-state index contributed by atoms with van der Waals surface area (Å²) in [6.45, 7) is 9.55. The van der Waals surface area contributed by atoms with Gasteiger partial charge in [0.2, 0.25) is 0 Å². The molecule has 11 rings (SSSR count). The second kappa shape index (κ2) is 11.3. The van der Waals surface area contributed by atoms with E-state index in [-0.39, 0.29) is 10.8 Å². The van der Waals surface area contributed by atoms with Crippen LogP contribution in [0.5, 0.6) is 0 Å². The predicted molar refractivity (Wildman–Crippen MR) is 232 cm³/mol.